The molecule has 0 fully saturated rings. The maximum absolute atomic E-state index is 12.7. The molecule has 0 aliphatic rings. The molecule has 120 valence electrons. The molecule has 1 nitrogen and oxygen atoms in total. The van der Waals surface area contributed by atoms with Crippen LogP contribution >= 0.6 is 23.2 Å². The Labute approximate surface area is 127 Å². The van der Waals surface area contributed by atoms with Crippen LogP contribution in [0, 0.1) is 5.92 Å². The van der Waals surface area contributed by atoms with Gasteiger partial charge in [-0.15, -0.1) is 0 Å². The number of nitrogens with one attached hydrogen (secondary N) is 1. The van der Waals surface area contributed by atoms with Crippen LogP contribution in [0.25, 0.3) is 0 Å². The molecule has 0 aliphatic heterocycles. The first kappa shape index (κ1) is 18.4. The van der Waals surface area contributed by atoms with Crippen LogP contribution in [-0.4, -0.2) is 25.4 Å². The smallest absolute Gasteiger partial charge is 0.316 e. The summed E-state index contributed by atoms with van der Waals surface area (Å²) in [7, 11) is 1.04. The minimum Gasteiger partial charge on any atom is -0.316 e. The van der Waals surface area contributed by atoms with E-state index in [0.717, 1.165) is 7.05 Å². The van der Waals surface area contributed by atoms with Crippen LogP contribution < -0.4 is 5.32 Å². The van der Waals surface area contributed by atoms with Gasteiger partial charge in [0, 0.05) is 16.1 Å². The van der Waals surface area contributed by atoms with Gasteiger partial charge in [0.2, 0.25) is 0 Å². The third-order valence-corrected chi connectivity index (χ3v) is 3.53. The molecule has 1 aromatic rings. The van der Waals surface area contributed by atoms with Crippen molar-refractivity contribution >= 4 is 23.2 Å². The Morgan fingerprint density at radius 1 is 1.05 bits per heavy atom. The Kier molecular flexibility index (Phi) is 5.80. The van der Waals surface area contributed by atoms with Gasteiger partial charge in [-0.1, -0.05) is 23.2 Å². The van der Waals surface area contributed by atoms with E-state index in [2.05, 4.69) is 5.32 Å². The maximum atomic E-state index is 12.7. The summed E-state index contributed by atoms with van der Waals surface area (Å²) in [6, 6.07) is 2.06. The quantitative estimate of drug-likeness (QED) is 0.762. The lowest BCUT2D eigenvalue weighted by Gasteiger charge is -2.30. The molecule has 9 heteroatoms. The van der Waals surface area contributed by atoms with Gasteiger partial charge in [0.15, 0.2) is 5.92 Å². The molecule has 0 saturated carbocycles. The van der Waals surface area contributed by atoms with Crippen LogP contribution in [0.4, 0.5) is 26.3 Å². The molecular weight excluding hydrogens is 343 g/mol. The predicted octanol–water partition coefficient (Wildman–Crippen LogP) is 4.86. The van der Waals surface area contributed by atoms with Crippen LogP contribution in [0.15, 0.2) is 18.2 Å². The minimum absolute atomic E-state index is 0.0581. The van der Waals surface area contributed by atoms with Crippen molar-refractivity contribution in [2.45, 2.75) is 24.8 Å². The Morgan fingerprint density at radius 3 is 2.00 bits per heavy atom. The number of benzene rings is 1. The lowest BCUT2D eigenvalue weighted by molar-refractivity contribution is -0.291. The minimum atomic E-state index is -5.42. The van der Waals surface area contributed by atoms with Crippen LogP contribution in [0.1, 0.15) is 5.56 Å². The highest BCUT2D eigenvalue weighted by atomic mass is 35.5. The zero-order chi connectivity index (χ0) is 16.4. The molecule has 1 atom stereocenters. The molecule has 0 aromatic heterocycles. The maximum Gasteiger partial charge on any atom is 0.402 e. The van der Waals surface area contributed by atoms with E-state index in [-0.39, 0.29) is 15.6 Å². The van der Waals surface area contributed by atoms with Crippen molar-refractivity contribution in [1.82, 2.24) is 5.32 Å². The van der Waals surface area contributed by atoms with Crippen LogP contribution in [0.2, 0.25) is 10.0 Å². The normalized spacial score (nSPS) is 14.6. The number of hydrogen-bond acceptors (Lipinski definition) is 1. The van der Waals surface area contributed by atoms with Crippen LogP contribution in [0.3, 0.4) is 0 Å². The summed E-state index contributed by atoms with van der Waals surface area (Å²) < 4.78 is 76.3. The van der Waals surface area contributed by atoms with Crippen molar-refractivity contribution < 1.29 is 26.3 Å². The summed E-state index contributed by atoms with van der Waals surface area (Å²) in [6.45, 7) is 0. The van der Waals surface area contributed by atoms with Crippen molar-refractivity contribution in [3.63, 3.8) is 0 Å². The topological polar surface area (TPSA) is 12.0 Å². The van der Waals surface area contributed by atoms with E-state index in [1.807, 2.05) is 0 Å². The molecule has 0 amide bonds. The fraction of sp³-hybridized carbons (Fsp3) is 0.500. The number of halogens is 8. The second-order valence-corrected chi connectivity index (χ2v) is 5.24. The van der Waals surface area contributed by atoms with Gasteiger partial charge in [-0.3, -0.25) is 0 Å². The summed E-state index contributed by atoms with van der Waals surface area (Å²) in [5.74, 6) is -3.50. The van der Waals surface area contributed by atoms with Crippen LogP contribution in [-0.2, 0) is 6.42 Å². The molecule has 0 radical (unpaired) electrons. The molecule has 0 bridgehead atoms. The van der Waals surface area contributed by atoms with Gasteiger partial charge in [0.25, 0.3) is 0 Å². The average molecular weight is 354 g/mol. The number of hydrogen-bond donors (Lipinski definition) is 1. The first-order valence-electron chi connectivity index (χ1n) is 5.71. The molecule has 0 spiro atoms. The first-order valence-corrected chi connectivity index (χ1v) is 6.47. The van der Waals surface area contributed by atoms with E-state index in [1.54, 1.807) is 0 Å². The van der Waals surface area contributed by atoms with Gasteiger partial charge in [-0.05, 0) is 37.2 Å². The van der Waals surface area contributed by atoms with E-state index < -0.39 is 30.7 Å². The Bertz CT molecular complexity index is 472. The Hall–Kier alpha value is -0.660. The first-order chi connectivity index (χ1) is 9.46. The zero-order valence-electron chi connectivity index (χ0n) is 10.6. The molecule has 0 saturated heterocycles. The van der Waals surface area contributed by atoms with Gasteiger partial charge in [0.1, 0.15) is 0 Å². The standard InChI is InChI=1S/C12H11Cl2F6N/c1-21-9(10(11(15,16)17)12(18,19)20)5-6-4-7(13)2-3-8(6)14/h2-4,9-10,21H,5H2,1H3. The fourth-order valence-electron chi connectivity index (χ4n) is 1.97. The van der Waals surface area contributed by atoms with Crippen molar-refractivity contribution in [3.8, 4) is 0 Å². The molecule has 0 heterocycles. The Balaban J connectivity index is 3.13. The molecule has 1 aromatic carbocycles. The average Bonchev–Trinajstić information content (AvgIpc) is 2.29. The van der Waals surface area contributed by atoms with Gasteiger partial charge in [-0.2, -0.15) is 26.3 Å². The predicted molar refractivity (Wildman–Crippen MR) is 68.6 cm³/mol. The van der Waals surface area contributed by atoms with Crippen molar-refractivity contribution in [2.24, 2.45) is 5.92 Å². The van der Waals surface area contributed by atoms with Gasteiger partial charge in [-0.25, -0.2) is 0 Å². The van der Waals surface area contributed by atoms with E-state index in [0.29, 0.717) is 0 Å². The highest BCUT2D eigenvalue weighted by molar-refractivity contribution is 6.33. The summed E-state index contributed by atoms with van der Waals surface area (Å²) in [4.78, 5) is 0. The second kappa shape index (κ2) is 6.62. The monoisotopic (exact) mass is 353 g/mol. The zero-order valence-corrected chi connectivity index (χ0v) is 12.1. The second-order valence-electron chi connectivity index (χ2n) is 4.40. The SMILES string of the molecule is CNC(Cc1cc(Cl)ccc1Cl)C(C(F)(F)F)C(F)(F)F. The third-order valence-electron chi connectivity index (χ3n) is 2.93. The van der Waals surface area contributed by atoms with Crippen molar-refractivity contribution in [2.75, 3.05) is 7.05 Å². The number of likely N-dealkylation sites (N-methyl/N-ethyl adjacent to an activating group) is 1. The molecular formula is C12H11Cl2F6N. The van der Waals surface area contributed by atoms with E-state index in [9.17, 15) is 26.3 Å². The summed E-state index contributed by atoms with van der Waals surface area (Å²) >= 11 is 11.5. The number of rotatable bonds is 4. The fourth-order valence-corrected chi connectivity index (χ4v) is 2.35. The molecule has 1 N–H and O–H groups in total. The molecule has 1 rings (SSSR count). The van der Waals surface area contributed by atoms with Crippen LogP contribution in [0.5, 0.6) is 0 Å². The molecule has 0 aliphatic carbocycles. The third kappa shape index (κ3) is 4.93. The lowest BCUT2D eigenvalue weighted by Crippen LogP contribution is -2.51. The van der Waals surface area contributed by atoms with Crippen molar-refractivity contribution in [3.05, 3.63) is 33.8 Å². The van der Waals surface area contributed by atoms with Crippen molar-refractivity contribution in [1.29, 1.82) is 0 Å². The molecule has 21 heavy (non-hydrogen) atoms. The van der Waals surface area contributed by atoms with Gasteiger partial charge in [0.05, 0.1) is 0 Å². The number of alkyl halides is 6. The largest absolute Gasteiger partial charge is 0.402 e. The highest BCUT2D eigenvalue weighted by Gasteiger charge is 2.59. The lowest BCUT2D eigenvalue weighted by atomic mass is 9.92. The summed E-state index contributed by atoms with van der Waals surface area (Å²) in [6.07, 6.45) is -11.4. The van der Waals surface area contributed by atoms with E-state index in [4.69, 9.17) is 23.2 Å². The van der Waals surface area contributed by atoms with Gasteiger partial charge >= 0.3 is 12.4 Å². The van der Waals surface area contributed by atoms with Gasteiger partial charge < -0.3 is 5.32 Å². The summed E-state index contributed by atoms with van der Waals surface area (Å²) in [5, 5.41) is 2.31. The van der Waals surface area contributed by atoms with E-state index in [1.165, 1.54) is 18.2 Å². The molecule has 1 unspecified atom stereocenters. The Morgan fingerprint density at radius 2 is 1.57 bits per heavy atom. The summed E-state index contributed by atoms with van der Waals surface area (Å²) in [5.41, 5.74) is 0.113. The van der Waals surface area contributed by atoms with E-state index >= 15 is 0 Å². The highest BCUT2D eigenvalue weighted by Crippen LogP contribution is 2.42.